The van der Waals surface area contributed by atoms with E-state index in [-0.39, 0.29) is 37.1 Å². The molecule has 5 N–H and O–H groups in total. The maximum atomic E-state index is 11.5. The second kappa shape index (κ2) is 9.61. The molecular weight excluding hydrogens is 302 g/mol. The van der Waals surface area contributed by atoms with Gasteiger partial charge in [0.25, 0.3) is 0 Å². The summed E-state index contributed by atoms with van der Waals surface area (Å²) in [5, 5.41) is 33.3. The second-order valence-corrected chi connectivity index (χ2v) is 5.77. The first-order valence-electron chi connectivity index (χ1n) is 7.75. The summed E-state index contributed by atoms with van der Waals surface area (Å²) in [5.41, 5.74) is 0. The molecule has 1 saturated heterocycles. The number of rotatable bonds is 10. The molecule has 132 valence electrons. The Morgan fingerprint density at radius 3 is 2.43 bits per heavy atom. The summed E-state index contributed by atoms with van der Waals surface area (Å²) in [6.45, 7) is 6.17. The van der Waals surface area contributed by atoms with E-state index < -0.39 is 12.0 Å². The summed E-state index contributed by atoms with van der Waals surface area (Å²) < 4.78 is 0. The molecule has 0 aromatic carbocycles. The highest BCUT2D eigenvalue weighted by molar-refractivity contribution is 5.75. The molecule has 0 aromatic rings. The van der Waals surface area contributed by atoms with Crippen molar-refractivity contribution in [1.82, 2.24) is 15.5 Å². The van der Waals surface area contributed by atoms with E-state index in [2.05, 4.69) is 17.2 Å². The second-order valence-electron chi connectivity index (χ2n) is 5.77. The molecule has 8 heteroatoms. The Morgan fingerprint density at radius 1 is 1.39 bits per heavy atom. The zero-order chi connectivity index (χ0) is 17.4. The first-order valence-corrected chi connectivity index (χ1v) is 7.75. The molecule has 8 nitrogen and oxygen atoms in total. The minimum absolute atomic E-state index is 0.0620. The number of hydrogen-bond donors (Lipinski definition) is 5. The van der Waals surface area contributed by atoms with Crippen LogP contribution in [-0.4, -0.2) is 83.1 Å². The number of carboxylic acids is 1. The van der Waals surface area contributed by atoms with E-state index in [9.17, 15) is 14.7 Å². The molecule has 1 aliphatic rings. The molecule has 0 aliphatic carbocycles. The van der Waals surface area contributed by atoms with Gasteiger partial charge in [0.15, 0.2) is 0 Å². The number of carbonyl (C=O) groups excluding carboxylic acids is 1. The summed E-state index contributed by atoms with van der Waals surface area (Å²) in [7, 11) is 0. The summed E-state index contributed by atoms with van der Waals surface area (Å²) in [4.78, 5) is 24.6. The van der Waals surface area contributed by atoms with Gasteiger partial charge in [-0.25, -0.2) is 0 Å². The van der Waals surface area contributed by atoms with E-state index in [1.165, 1.54) is 6.92 Å². The van der Waals surface area contributed by atoms with Gasteiger partial charge in [-0.3, -0.25) is 19.8 Å². The molecule has 23 heavy (non-hydrogen) atoms. The van der Waals surface area contributed by atoms with E-state index in [0.717, 1.165) is 0 Å². The average molecular weight is 329 g/mol. The van der Waals surface area contributed by atoms with Gasteiger partial charge in [-0.1, -0.05) is 6.08 Å². The molecule has 0 spiro atoms. The monoisotopic (exact) mass is 329 g/mol. The molecule has 0 radical (unpaired) electrons. The van der Waals surface area contributed by atoms with Crippen molar-refractivity contribution in [2.75, 3.05) is 32.8 Å². The Hall–Kier alpha value is -1.48. The van der Waals surface area contributed by atoms with Crippen LogP contribution >= 0.6 is 0 Å². The van der Waals surface area contributed by atoms with Crippen molar-refractivity contribution in [3.8, 4) is 0 Å². The Morgan fingerprint density at radius 2 is 2.00 bits per heavy atom. The van der Waals surface area contributed by atoms with Crippen LogP contribution in [-0.2, 0) is 9.59 Å². The fourth-order valence-corrected chi connectivity index (χ4v) is 3.04. The molecule has 4 atom stereocenters. The largest absolute Gasteiger partial charge is 0.480 e. The lowest BCUT2D eigenvalue weighted by Crippen LogP contribution is -2.56. The molecule has 1 aliphatic heterocycles. The molecule has 1 amide bonds. The molecule has 1 unspecified atom stereocenters. The van der Waals surface area contributed by atoms with E-state index in [1.807, 2.05) is 4.90 Å². The minimum Gasteiger partial charge on any atom is -0.480 e. The lowest BCUT2D eigenvalue weighted by atomic mass is 9.93. The highest BCUT2D eigenvalue weighted by atomic mass is 16.4. The number of amides is 1. The van der Waals surface area contributed by atoms with Crippen LogP contribution in [0.5, 0.6) is 0 Å². The van der Waals surface area contributed by atoms with Gasteiger partial charge in [0, 0.05) is 32.6 Å². The van der Waals surface area contributed by atoms with Crippen LogP contribution < -0.4 is 10.6 Å². The molecule has 1 fully saturated rings. The van der Waals surface area contributed by atoms with Crippen LogP contribution in [0.4, 0.5) is 0 Å². The fraction of sp³-hybridized carbons (Fsp3) is 0.733. The number of nitrogens with one attached hydrogen (secondary N) is 2. The Labute approximate surface area is 136 Å². The van der Waals surface area contributed by atoms with Crippen molar-refractivity contribution in [2.24, 2.45) is 5.92 Å². The van der Waals surface area contributed by atoms with Gasteiger partial charge in [0.1, 0.15) is 6.04 Å². The number of hydrogen-bond acceptors (Lipinski definition) is 6. The van der Waals surface area contributed by atoms with Crippen molar-refractivity contribution < 1.29 is 24.9 Å². The number of carbonyl (C=O) groups is 2. The lowest BCUT2D eigenvalue weighted by molar-refractivity contribution is -0.139. The standard InChI is InChI=1S/C15H27N3O5/c1-3-11-8-12(15(22)23)17-14(11)13(16-10(2)21)9-18(4-6-19)5-7-20/h3,11-14,17,19-20H,1,4-9H2,2H3,(H,16,21)(H,22,23)/t11-,12-,13+,14?/m1/s1. The molecule has 0 bridgehead atoms. The van der Waals surface area contributed by atoms with Crippen LogP contribution in [0, 0.1) is 5.92 Å². The molecule has 0 saturated carbocycles. The summed E-state index contributed by atoms with van der Waals surface area (Å²) in [6.07, 6.45) is 2.12. The van der Waals surface area contributed by atoms with Gasteiger partial charge >= 0.3 is 5.97 Å². The van der Waals surface area contributed by atoms with Gasteiger partial charge in [0.05, 0.1) is 19.3 Å². The fourth-order valence-electron chi connectivity index (χ4n) is 3.04. The van der Waals surface area contributed by atoms with Gasteiger partial charge in [-0.05, 0) is 12.3 Å². The molecular formula is C15H27N3O5. The molecule has 1 rings (SSSR count). The summed E-state index contributed by atoms with van der Waals surface area (Å²) in [5.74, 6) is -1.23. The number of nitrogens with zero attached hydrogens (tertiary/aromatic N) is 1. The maximum Gasteiger partial charge on any atom is 0.320 e. The Balaban J connectivity index is 2.88. The van der Waals surface area contributed by atoms with E-state index >= 15 is 0 Å². The van der Waals surface area contributed by atoms with Crippen LogP contribution in [0.25, 0.3) is 0 Å². The van der Waals surface area contributed by atoms with Gasteiger partial charge in [0.2, 0.25) is 5.91 Å². The van der Waals surface area contributed by atoms with Crippen LogP contribution in [0.2, 0.25) is 0 Å². The quantitative estimate of drug-likeness (QED) is 0.306. The first kappa shape index (κ1) is 19.6. The smallest absolute Gasteiger partial charge is 0.320 e. The normalized spacial score (nSPS) is 25.3. The highest BCUT2D eigenvalue weighted by Crippen LogP contribution is 2.24. The minimum atomic E-state index is -0.927. The van der Waals surface area contributed by atoms with Crippen molar-refractivity contribution in [1.29, 1.82) is 0 Å². The van der Waals surface area contributed by atoms with E-state index in [0.29, 0.717) is 26.1 Å². The number of aliphatic hydroxyl groups excluding tert-OH is 2. The predicted molar refractivity (Wildman–Crippen MR) is 84.9 cm³/mol. The van der Waals surface area contributed by atoms with Gasteiger partial charge < -0.3 is 20.6 Å². The first-order chi connectivity index (χ1) is 10.9. The van der Waals surface area contributed by atoms with Gasteiger partial charge in [-0.2, -0.15) is 0 Å². The molecule has 1 heterocycles. The third kappa shape index (κ3) is 5.91. The van der Waals surface area contributed by atoms with Crippen molar-refractivity contribution in [2.45, 2.75) is 31.5 Å². The number of carboxylic acid groups (broad SMARTS) is 1. The zero-order valence-corrected chi connectivity index (χ0v) is 13.4. The van der Waals surface area contributed by atoms with E-state index in [4.69, 9.17) is 10.2 Å². The number of aliphatic hydroxyl groups is 2. The predicted octanol–water partition coefficient (Wildman–Crippen LogP) is -1.60. The third-order valence-electron chi connectivity index (χ3n) is 4.07. The third-order valence-corrected chi connectivity index (χ3v) is 4.07. The van der Waals surface area contributed by atoms with Crippen LogP contribution in [0.15, 0.2) is 12.7 Å². The van der Waals surface area contributed by atoms with Crippen molar-refractivity contribution >= 4 is 11.9 Å². The topological polar surface area (TPSA) is 122 Å². The summed E-state index contributed by atoms with van der Waals surface area (Å²) in [6, 6.07) is -1.29. The van der Waals surface area contributed by atoms with Crippen LogP contribution in [0.1, 0.15) is 13.3 Å². The average Bonchev–Trinajstić information content (AvgIpc) is 2.91. The lowest BCUT2D eigenvalue weighted by Gasteiger charge is -2.33. The molecule has 0 aromatic heterocycles. The Bertz CT molecular complexity index is 412. The van der Waals surface area contributed by atoms with Crippen molar-refractivity contribution in [3.05, 3.63) is 12.7 Å². The summed E-state index contributed by atoms with van der Waals surface area (Å²) >= 11 is 0. The maximum absolute atomic E-state index is 11.5. The van der Waals surface area contributed by atoms with Gasteiger partial charge in [-0.15, -0.1) is 6.58 Å². The van der Waals surface area contributed by atoms with Crippen molar-refractivity contribution in [3.63, 3.8) is 0 Å². The SMILES string of the molecule is C=C[C@@H]1C[C@H](C(=O)O)NC1[C@H](CN(CCO)CCO)NC(C)=O. The number of aliphatic carboxylic acids is 1. The van der Waals surface area contributed by atoms with Crippen LogP contribution in [0.3, 0.4) is 0 Å². The Kier molecular flexibility index (Phi) is 8.18. The highest BCUT2D eigenvalue weighted by Gasteiger charge is 2.40. The van der Waals surface area contributed by atoms with E-state index in [1.54, 1.807) is 6.08 Å². The zero-order valence-electron chi connectivity index (χ0n) is 13.4.